The van der Waals surface area contributed by atoms with E-state index < -0.39 is 0 Å². The third-order valence-electron chi connectivity index (χ3n) is 3.23. The van der Waals surface area contributed by atoms with Crippen molar-refractivity contribution in [3.05, 3.63) is 47.5 Å². The second kappa shape index (κ2) is 7.87. The average Bonchev–Trinajstić information content (AvgIpc) is 2.62. The van der Waals surface area contributed by atoms with Crippen LogP contribution in [-0.4, -0.2) is 38.6 Å². The van der Waals surface area contributed by atoms with E-state index in [1.54, 1.807) is 43.5 Å². The van der Waals surface area contributed by atoms with E-state index in [0.717, 1.165) is 0 Å². The first-order chi connectivity index (χ1) is 11.6. The molecule has 0 saturated heterocycles. The molecule has 0 aromatic heterocycles. The summed E-state index contributed by atoms with van der Waals surface area (Å²) >= 11 is 0. The Bertz CT molecular complexity index is 716. The van der Waals surface area contributed by atoms with E-state index in [9.17, 15) is 9.90 Å². The Morgan fingerprint density at radius 3 is 2.12 bits per heavy atom. The summed E-state index contributed by atoms with van der Waals surface area (Å²) in [6.07, 6.45) is 1.42. The van der Waals surface area contributed by atoms with Gasteiger partial charge in [-0.15, -0.1) is 0 Å². The van der Waals surface area contributed by atoms with Crippen molar-refractivity contribution in [2.45, 2.75) is 0 Å². The molecule has 0 spiro atoms. The number of phenolic OH excluding ortho intramolecular Hbond substituents is 1. The van der Waals surface area contributed by atoms with Crippen LogP contribution in [0, 0.1) is 0 Å². The molecule has 2 aromatic carbocycles. The molecule has 7 nitrogen and oxygen atoms in total. The number of nitrogens with one attached hydrogen (secondary N) is 1. The normalized spacial score (nSPS) is 10.5. The Hall–Kier alpha value is -3.22. The summed E-state index contributed by atoms with van der Waals surface area (Å²) in [5.74, 6) is 0.707. The van der Waals surface area contributed by atoms with Crippen LogP contribution in [0.3, 0.4) is 0 Å². The zero-order chi connectivity index (χ0) is 17.5. The summed E-state index contributed by atoms with van der Waals surface area (Å²) in [7, 11) is 4.42. The number of carbonyl (C=O) groups excluding carboxylic acids is 1. The van der Waals surface area contributed by atoms with Crippen molar-refractivity contribution in [2.75, 3.05) is 21.3 Å². The van der Waals surface area contributed by atoms with Crippen molar-refractivity contribution < 1.29 is 24.1 Å². The quantitative estimate of drug-likeness (QED) is 0.626. The number of rotatable bonds is 6. The maximum atomic E-state index is 12.0. The molecule has 0 saturated carbocycles. The molecule has 0 unspecified atom stereocenters. The highest BCUT2D eigenvalue weighted by Gasteiger charge is 2.10. The Labute approximate surface area is 139 Å². The molecule has 0 atom stereocenters. The van der Waals surface area contributed by atoms with Gasteiger partial charge in [-0.3, -0.25) is 4.79 Å². The molecule has 7 heteroatoms. The molecule has 0 aliphatic rings. The lowest BCUT2D eigenvalue weighted by atomic mass is 10.2. The Morgan fingerprint density at radius 2 is 1.62 bits per heavy atom. The van der Waals surface area contributed by atoms with Gasteiger partial charge in [-0.05, 0) is 36.4 Å². The fourth-order valence-electron chi connectivity index (χ4n) is 1.96. The number of methoxy groups -OCH3 is 3. The number of phenols is 1. The zero-order valence-corrected chi connectivity index (χ0v) is 13.6. The van der Waals surface area contributed by atoms with Crippen LogP contribution in [0.4, 0.5) is 0 Å². The average molecular weight is 330 g/mol. The van der Waals surface area contributed by atoms with Crippen molar-refractivity contribution >= 4 is 12.1 Å². The number of carbonyl (C=O) groups is 1. The van der Waals surface area contributed by atoms with E-state index in [0.29, 0.717) is 16.9 Å². The number of benzene rings is 2. The standard InChI is InChI=1S/C17H18N2O5/c1-22-13-6-4-12(5-7-13)17(21)19-18-10-11-8-14(23-2)16(20)15(9-11)24-3/h4-10,20H,1-3H3,(H,19,21)/b18-10-. The van der Waals surface area contributed by atoms with E-state index in [2.05, 4.69) is 10.5 Å². The van der Waals surface area contributed by atoms with Crippen molar-refractivity contribution in [2.24, 2.45) is 5.10 Å². The van der Waals surface area contributed by atoms with Gasteiger partial charge in [0.2, 0.25) is 5.75 Å². The maximum Gasteiger partial charge on any atom is 0.271 e. The van der Waals surface area contributed by atoms with Crippen LogP contribution >= 0.6 is 0 Å². The van der Waals surface area contributed by atoms with Crippen LogP contribution in [0.15, 0.2) is 41.5 Å². The van der Waals surface area contributed by atoms with E-state index in [1.165, 1.54) is 20.4 Å². The topological polar surface area (TPSA) is 89.4 Å². The molecule has 0 radical (unpaired) electrons. The molecular weight excluding hydrogens is 312 g/mol. The highest BCUT2D eigenvalue weighted by molar-refractivity contribution is 5.95. The summed E-state index contributed by atoms with van der Waals surface area (Å²) in [6.45, 7) is 0. The summed E-state index contributed by atoms with van der Waals surface area (Å²) in [5.41, 5.74) is 3.47. The van der Waals surface area contributed by atoms with Crippen molar-refractivity contribution in [1.82, 2.24) is 5.43 Å². The monoisotopic (exact) mass is 330 g/mol. The number of ether oxygens (including phenoxy) is 3. The first kappa shape index (κ1) is 17.1. The molecule has 0 aliphatic heterocycles. The Kier molecular flexibility index (Phi) is 5.62. The maximum absolute atomic E-state index is 12.0. The number of amides is 1. The lowest BCUT2D eigenvalue weighted by molar-refractivity contribution is 0.0955. The van der Waals surface area contributed by atoms with Gasteiger partial charge >= 0.3 is 0 Å². The van der Waals surface area contributed by atoms with E-state index >= 15 is 0 Å². The predicted octanol–water partition coefficient (Wildman–Crippen LogP) is 2.18. The minimum Gasteiger partial charge on any atom is -0.502 e. The summed E-state index contributed by atoms with van der Waals surface area (Å²) < 4.78 is 15.1. The molecule has 24 heavy (non-hydrogen) atoms. The van der Waals surface area contributed by atoms with Crippen LogP contribution in [0.5, 0.6) is 23.0 Å². The van der Waals surface area contributed by atoms with Crippen molar-refractivity contribution in [3.8, 4) is 23.0 Å². The van der Waals surface area contributed by atoms with Crippen LogP contribution in [-0.2, 0) is 0 Å². The number of hydrogen-bond donors (Lipinski definition) is 2. The van der Waals surface area contributed by atoms with Crippen LogP contribution in [0.1, 0.15) is 15.9 Å². The molecule has 0 aliphatic carbocycles. The zero-order valence-electron chi connectivity index (χ0n) is 13.6. The smallest absolute Gasteiger partial charge is 0.271 e. The van der Waals surface area contributed by atoms with Gasteiger partial charge < -0.3 is 19.3 Å². The van der Waals surface area contributed by atoms with Gasteiger partial charge in [-0.2, -0.15) is 5.10 Å². The van der Waals surface area contributed by atoms with Crippen LogP contribution in [0.2, 0.25) is 0 Å². The van der Waals surface area contributed by atoms with Gasteiger partial charge in [-0.25, -0.2) is 5.43 Å². The molecule has 0 bridgehead atoms. The van der Waals surface area contributed by atoms with E-state index in [-0.39, 0.29) is 23.2 Å². The van der Waals surface area contributed by atoms with E-state index in [4.69, 9.17) is 14.2 Å². The molecule has 2 aromatic rings. The minimum atomic E-state index is -0.355. The Morgan fingerprint density at radius 1 is 1.04 bits per heavy atom. The fourth-order valence-corrected chi connectivity index (χ4v) is 1.96. The SMILES string of the molecule is COc1ccc(C(=O)N/N=C\c2cc(OC)c(O)c(OC)c2)cc1. The van der Waals surface area contributed by atoms with E-state index in [1.807, 2.05) is 0 Å². The lowest BCUT2D eigenvalue weighted by Gasteiger charge is -2.09. The highest BCUT2D eigenvalue weighted by atomic mass is 16.5. The van der Waals surface area contributed by atoms with Gasteiger partial charge in [0.25, 0.3) is 5.91 Å². The largest absolute Gasteiger partial charge is 0.502 e. The predicted molar refractivity (Wildman–Crippen MR) is 89.3 cm³/mol. The van der Waals surface area contributed by atoms with Crippen molar-refractivity contribution in [3.63, 3.8) is 0 Å². The van der Waals surface area contributed by atoms with Gasteiger partial charge in [0.15, 0.2) is 11.5 Å². The highest BCUT2D eigenvalue weighted by Crippen LogP contribution is 2.36. The minimum absolute atomic E-state index is 0.0978. The third-order valence-corrected chi connectivity index (χ3v) is 3.23. The molecule has 1 amide bonds. The Balaban J connectivity index is 2.09. The van der Waals surface area contributed by atoms with Gasteiger partial charge in [0.05, 0.1) is 27.5 Å². The number of hydrazone groups is 1. The number of nitrogens with zero attached hydrogens (tertiary/aromatic N) is 1. The first-order valence-electron chi connectivity index (χ1n) is 7.01. The van der Waals surface area contributed by atoms with Crippen LogP contribution in [0.25, 0.3) is 0 Å². The second-order valence-corrected chi connectivity index (χ2v) is 4.70. The molecule has 2 N–H and O–H groups in total. The molecular formula is C17H18N2O5. The lowest BCUT2D eigenvalue weighted by Crippen LogP contribution is -2.17. The summed E-state index contributed by atoms with van der Waals surface area (Å²) in [6, 6.07) is 9.79. The van der Waals surface area contributed by atoms with Crippen LogP contribution < -0.4 is 19.6 Å². The van der Waals surface area contributed by atoms with Gasteiger partial charge in [0, 0.05) is 11.1 Å². The number of hydrogen-bond acceptors (Lipinski definition) is 6. The molecule has 0 heterocycles. The summed E-state index contributed by atoms with van der Waals surface area (Å²) in [5, 5.41) is 13.7. The fraction of sp³-hybridized carbons (Fsp3) is 0.176. The van der Waals surface area contributed by atoms with Crippen molar-refractivity contribution in [1.29, 1.82) is 0 Å². The van der Waals surface area contributed by atoms with Gasteiger partial charge in [0.1, 0.15) is 5.75 Å². The molecule has 126 valence electrons. The number of aromatic hydroxyl groups is 1. The first-order valence-corrected chi connectivity index (χ1v) is 7.01. The molecule has 0 fully saturated rings. The second-order valence-electron chi connectivity index (χ2n) is 4.70. The summed E-state index contributed by atoms with van der Waals surface area (Å²) in [4.78, 5) is 12.0. The molecule has 2 rings (SSSR count). The van der Waals surface area contributed by atoms with Gasteiger partial charge in [-0.1, -0.05) is 0 Å². The third kappa shape index (κ3) is 3.95.